The number of aliphatic hydroxyl groups is 1. The Bertz CT molecular complexity index is 357. The molecule has 4 heteroatoms. The molecule has 0 amide bonds. The summed E-state index contributed by atoms with van der Waals surface area (Å²) in [5.74, 6) is 1.95. The number of aromatic nitrogens is 1. The van der Waals surface area contributed by atoms with E-state index in [1.807, 2.05) is 12.1 Å². The van der Waals surface area contributed by atoms with Gasteiger partial charge >= 0.3 is 0 Å². The Morgan fingerprint density at radius 3 is 3.06 bits per heavy atom. The molecule has 2 heterocycles. The van der Waals surface area contributed by atoms with Gasteiger partial charge in [-0.15, -0.1) is 0 Å². The summed E-state index contributed by atoms with van der Waals surface area (Å²) in [7, 11) is 1.66. The highest BCUT2D eigenvalue weighted by Gasteiger charge is 2.26. The van der Waals surface area contributed by atoms with Gasteiger partial charge < -0.3 is 14.7 Å². The van der Waals surface area contributed by atoms with Crippen molar-refractivity contribution in [3.8, 4) is 5.75 Å². The number of piperidine rings is 1. The number of hydrogen-bond donors (Lipinski definition) is 1. The minimum Gasteiger partial charge on any atom is -0.493 e. The first-order valence-electron chi connectivity index (χ1n) is 5.64. The van der Waals surface area contributed by atoms with Crippen LogP contribution < -0.4 is 9.64 Å². The number of anilines is 1. The van der Waals surface area contributed by atoms with Gasteiger partial charge in [-0.1, -0.05) is 6.92 Å². The fourth-order valence-corrected chi connectivity index (χ4v) is 2.10. The van der Waals surface area contributed by atoms with Gasteiger partial charge in [0.05, 0.1) is 13.2 Å². The quantitative estimate of drug-likeness (QED) is 0.819. The van der Waals surface area contributed by atoms with Crippen molar-refractivity contribution < 1.29 is 9.84 Å². The van der Waals surface area contributed by atoms with E-state index in [2.05, 4.69) is 16.8 Å². The summed E-state index contributed by atoms with van der Waals surface area (Å²) < 4.78 is 5.29. The summed E-state index contributed by atoms with van der Waals surface area (Å²) in [5.41, 5.74) is 0. The van der Waals surface area contributed by atoms with Gasteiger partial charge in [0, 0.05) is 19.3 Å². The first-order chi connectivity index (χ1) is 7.72. The van der Waals surface area contributed by atoms with Crippen molar-refractivity contribution in [2.45, 2.75) is 19.4 Å². The van der Waals surface area contributed by atoms with Crippen LogP contribution in [0, 0.1) is 5.92 Å². The molecule has 0 aromatic carbocycles. The molecule has 1 aromatic heterocycles. The van der Waals surface area contributed by atoms with Gasteiger partial charge in [-0.3, -0.25) is 0 Å². The second-order valence-corrected chi connectivity index (χ2v) is 4.31. The maximum Gasteiger partial charge on any atom is 0.171 e. The molecule has 0 radical (unpaired) electrons. The van der Waals surface area contributed by atoms with Crippen molar-refractivity contribution in [3.05, 3.63) is 18.3 Å². The van der Waals surface area contributed by atoms with Crippen LogP contribution in [0.4, 0.5) is 5.82 Å². The van der Waals surface area contributed by atoms with E-state index >= 15 is 0 Å². The van der Waals surface area contributed by atoms with Crippen LogP contribution in [0.5, 0.6) is 5.75 Å². The third kappa shape index (κ3) is 2.11. The molecule has 2 atom stereocenters. The van der Waals surface area contributed by atoms with Crippen LogP contribution >= 0.6 is 0 Å². The van der Waals surface area contributed by atoms with Crippen molar-refractivity contribution in [2.75, 3.05) is 25.1 Å². The third-order valence-corrected chi connectivity index (χ3v) is 3.13. The van der Waals surface area contributed by atoms with E-state index in [0.29, 0.717) is 0 Å². The zero-order chi connectivity index (χ0) is 11.5. The van der Waals surface area contributed by atoms with E-state index in [1.54, 1.807) is 13.3 Å². The molecule has 1 fully saturated rings. The summed E-state index contributed by atoms with van der Waals surface area (Å²) in [6.07, 6.45) is 2.38. The maximum atomic E-state index is 9.69. The van der Waals surface area contributed by atoms with Crippen LogP contribution in [0.15, 0.2) is 18.3 Å². The summed E-state index contributed by atoms with van der Waals surface area (Å²) in [5, 5.41) is 9.69. The number of pyridine rings is 1. The van der Waals surface area contributed by atoms with E-state index in [1.165, 1.54) is 0 Å². The van der Waals surface area contributed by atoms with Gasteiger partial charge in [-0.2, -0.15) is 0 Å². The predicted octanol–water partition coefficient (Wildman–Crippen LogP) is 1.30. The topological polar surface area (TPSA) is 45.6 Å². The zero-order valence-corrected chi connectivity index (χ0v) is 9.76. The summed E-state index contributed by atoms with van der Waals surface area (Å²) in [6.45, 7) is 3.72. The molecule has 1 aliphatic rings. The SMILES string of the molecule is COc1cccnc1N1CCC(O)C(C)C1. The molecule has 88 valence electrons. The van der Waals surface area contributed by atoms with Gasteiger partial charge in [0.1, 0.15) is 0 Å². The van der Waals surface area contributed by atoms with Crippen LogP contribution in [0.25, 0.3) is 0 Å². The number of rotatable bonds is 2. The van der Waals surface area contributed by atoms with Crippen molar-refractivity contribution in [1.29, 1.82) is 0 Å². The highest BCUT2D eigenvalue weighted by molar-refractivity contribution is 5.52. The van der Waals surface area contributed by atoms with E-state index in [-0.39, 0.29) is 12.0 Å². The predicted molar refractivity (Wildman–Crippen MR) is 62.8 cm³/mol. The second kappa shape index (κ2) is 4.70. The Morgan fingerprint density at radius 2 is 2.38 bits per heavy atom. The second-order valence-electron chi connectivity index (χ2n) is 4.31. The largest absolute Gasteiger partial charge is 0.493 e. The highest BCUT2D eigenvalue weighted by atomic mass is 16.5. The molecule has 4 nitrogen and oxygen atoms in total. The molecule has 2 unspecified atom stereocenters. The molecule has 0 spiro atoms. The lowest BCUT2D eigenvalue weighted by molar-refractivity contribution is 0.0967. The summed E-state index contributed by atoms with van der Waals surface area (Å²) >= 11 is 0. The van der Waals surface area contributed by atoms with Gasteiger partial charge in [-0.05, 0) is 24.5 Å². The Morgan fingerprint density at radius 1 is 1.56 bits per heavy atom. The molecule has 0 saturated carbocycles. The Hall–Kier alpha value is -1.29. The minimum absolute atomic E-state index is 0.189. The minimum atomic E-state index is -0.189. The molecular weight excluding hydrogens is 204 g/mol. The van der Waals surface area contributed by atoms with Crippen LogP contribution in [-0.2, 0) is 0 Å². The van der Waals surface area contributed by atoms with E-state index in [4.69, 9.17) is 4.74 Å². The smallest absolute Gasteiger partial charge is 0.171 e. The van der Waals surface area contributed by atoms with Crippen LogP contribution in [0.1, 0.15) is 13.3 Å². The van der Waals surface area contributed by atoms with E-state index in [9.17, 15) is 5.11 Å². The zero-order valence-electron chi connectivity index (χ0n) is 9.76. The molecule has 16 heavy (non-hydrogen) atoms. The average molecular weight is 222 g/mol. The Balaban J connectivity index is 2.18. The molecule has 1 aliphatic heterocycles. The maximum absolute atomic E-state index is 9.69. The van der Waals surface area contributed by atoms with Gasteiger partial charge in [0.2, 0.25) is 0 Å². The summed E-state index contributed by atoms with van der Waals surface area (Å²) in [4.78, 5) is 6.53. The lowest BCUT2D eigenvalue weighted by Gasteiger charge is -2.35. The third-order valence-electron chi connectivity index (χ3n) is 3.13. The molecule has 1 N–H and O–H groups in total. The van der Waals surface area contributed by atoms with Crippen LogP contribution in [-0.4, -0.2) is 36.4 Å². The van der Waals surface area contributed by atoms with Gasteiger partial charge in [-0.25, -0.2) is 4.98 Å². The monoisotopic (exact) mass is 222 g/mol. The number of ether oxygens (including phenoxy) is 1. The van der Waals surface area contributed by atoms with E-state index < -0.39 is 0 Å². The van der Waals surface area contributed by atoms with Crippen molar-refractivity contribution >= 4 is 5.82 Å². The van der Waals surface area contributed by atoms with E-state index in [0.717, 1.165) is 31.1 Å². The number of aliphatic hydroxyl groups excluding tert-OH is 1. The molecule has 1 aromatic rings. The molecule has 1 saturated heterocycles. The van der Waals surface area contributed by atoms with Crippen molar-refractivity contribution in [3.63, 3.8) is 0 Å². The van der Waals surface area contributed by atoms with Gasteiger partial charge in [0.15, 0.2) is 11.6 Å². The van der Waals surface area contributed by atoms with Crippen molar-refractivity contribution in [2.24, 2.45) is 5.92 Å². The fourth-order valence-electron chi connectivity index (χ4n) is 2.10. The first kappa shape index (κ1) is 11.2. The number of nitrogens with zero attached hydrogens (tertiary/aromatic N) is 2. The highest BCUT2D eigenvalue weighted by Crippen LogP contribution is 2.28. The molecule has 2 rings (SSSR count). The number of methoxy groups -OCH3 is 1. The molecular formula is C12H18N2O2. The Labute approximate surface area is 95.9 Å². The average Bonchev–Trinajstić information content (AvgIpc) is 2.32. The number of hydrogen-bond acceptors (Lipinski definition) is 4. The summed E-state index contributed by atoms with van der Waals surface area (Å²) in [6, 6.07) is 3.78. The van der Waals surface area contributed by atoms with Crippen LogP contribution in [0.3, 0.4) is 0 Å². The van der Waals surface area contributed by atoms with Crippen molar-refractivity contribution in [1.82, 2.24) is 4.98 Å². The normalized spacial score (nSPS) is 25.6. The Kier molecular flexibility index (Phi) is 3.29. The first-order valence-corrected chi connectivity index (χ1v) is 5.64. The van der Waals surface area contributed by atoms with Crippen LogP contribution in [0.2, 0.25) is 0 Å². The van der Waals surface area contributed by atoms with Gasteiger partial charge in [0.25, 0.3) is 0 Å². The lowest BCUT2D eigenvalue weighted by atomic mass is 9.97. The molecule has 0 aliphatic carbocycles. The fraction of sp³-hybridized carbons (Fsp3) is 0.583. The molecule has 0 bridgehead atoms. The lowest BCUT2D eigenvalue weighted by Crippen LogP contribution is -2.42. The standard InChI is InChI=1S/C12H18N2O2/c1-9-8-14(7-5-10(9)15)12-11(16-2)4-3-6-13-12/h3-4,6,9-10,15H,5,7-8H2,1-2H3.